The highest BCUT2D eigenvalue weighted by Gasteiger charge is 2.12. The minimum absolute atomic E-state index is 0.206. The van der Waals surface area contributed by atoms with Gasteiger partial charge in [-0.05, 0) is 84.1 Å². The van der Waals surface area contributed by atoms with E-state index in [0.717, 1.165) is 24.5 Å². The van der Waals surface area contributed by atoms with Crippen LogP contribution in [0, 0.1) is 0 Å². The number of hydrogen-bond donors (Lipinski definition) is 0. The molecule has 1 heterocycles. The summed E-state index contributed by atoms with van der Waals surface area (Å²) >= 11 is 10.7. The summed E-state index contributed by atoms with van der Waals surface area (Å²) in [4.78, 5) is 17.8. The second kappa shape index (κ2) is 10.7. The van der Waals surface area contributed by atoms with Crippen molar-refractivity contribution >= 4 is 75.7 Å². The maximum atomic E-state index is 13.1. The van der Waals surface area contributed by atoms with Gasteiger partial charge in [-0.1, -0.05) is 65.3 Å². The zero-order valence-corrected chi connectivity index (χ0v) is 24.0. The van der Waals surface area contributed by atoms with E-state index in [1.165, 1.54) is 15.4 Å². The van der Waals surface area contributed by atoms with Gasteiger partial charge in [0.2, 0.25) is 0 Å². The molecular weight excluding hydrogens is 650 g/mol. The molecule has 5 nitrogen and oxygen atoms in total. The highest BCUT2D eigenvalue weighted by Crippen LogP contribution is 2.35. The fraction of sp³-hybridized carbons (Fsp3) is 0.107. The second-order valence-electron chi connectivity index (χ2n) is 8.15. The summed E-state index contributed by atoms with van der Waals surface area (Å²) < 4.78 is 9.93. The van der Waals surface area contributed by atoms with Gasteiger partial charge in [-0.15, -0.1) is 0 Å². The average Bonchev–Trinajstić information content (AvgIpc) is 2.88. The van der Waals surface area contributed by atoms with Gasteiger partial charge in [0.15, 0.2) is 0 Å². The Morgan fingerprint density at radius 3 is 2.47 bits per heavy atom. The van der Waals surface area contributed by atoms with E-state index in [9.17, 15) is 4.79 Å². The molecule has 36 heavy (non-hydrogen) atoms. The molecule has 4 aromatic carbocycles. The van der Waals surface area contributed by atoms with Crippen molar-refractivity contribution in [3.63, 3.8) is 0 Å². The third-order valence-corrected chi connectivity index (χ3v) is 7.46. The van der Waals surface area contributed by atoms with Crippen LogP contribution in [0.2, 0.25) is 0 Å². The van der Waals surface area contributed by atoms with Gasteiger partial charge in [0.25, 0.3) is 5.56 Å². The van der Waals surface area contributed by atoms with Crippen molar-refractivity contribution in [2.45, 2.75) is 20.0 Å². The van der Waals surface area contributed by atoms with Crippen LogP contribution in [0.15, 0.2) is 96.1 Å². The maximum absolute atomic E-state index is 13.1. The van der Waals surface area contributed by atoms with Gasteiger partial charge in [-0.25, -0.2) is 4.98 Å². The first kappa shape index (κ1) is 24.9. The van der Waals surface area contributed by atoms with E-state index in [-0.39, 0.29) is 5.56 Å². The number of aromatic nitrogens is 2. The van der Waals surface area contributed by atoms with Crippen LogP contribution in [0.25, 0.3) is 21.7 Å². The van der Waals surface area contributed by atoms with Crippen LogP contribution in [0.1, 0.15) is 23.9 Å². The number of benzene rings is 4. The molecule has 0 radical (unpaired) electrons. The van der Waals surface area contributed by atoms with Crippen LogP contribution in [0.5, 0.6) is 5.75 Å². The zero-order chi connectivity index (χ0) is 25.2. The van der Waals surface area contributed by atoms with Gasteiger partial charge >= 0.3 is 0 Å². The molecule has 5 aromatic rings. The normalized spacial score (nSPS) is 11.6. The molecule has 5 rings (SSSR count). The number of ether oxygens (including phenoxy) is 1. The predicted molar refractivity (Wildman–Crippen MR) is 156 cm³/mol. The minimum atomic E-state index is -0.206. The van der Waals surface area contributed by atoms with E-state index in [1.54, 1.807) is 12.3 Å². The lowest BCUT2D eigenvalue weighted by atomic mass is 10.1. The lowest BCUT2D eigenvalue weighted by Crippen LogP contribution is -2.22. The van der Waals surface area contributed by atoms with Crippen LogP contribution < -0.4 is 10.3 Å². The van der Waals surface area contributed by atoms with Crippen molar-refractivity contribution in [1.82, 2.24) is 9.66 Å². The van der Waals surface area contributed by atoms with Gasteiger partial charge in [-0.2, -0.15) is 9.78 Å². The highest BCUT2D eigenvalue weighted by atomic mass is 79.9. The molecule has 0 saturated carbocycles. The van der Waals surface area contributed by atoms with Crippen molar-refractivity contribution in [1.29, 1.82) is 0 Å². The van der Waals surface area contributed by atoms with E-state index in [1.807, 2.05) is 49.4 Å². The van der Waals surface area contributed by atoms with Gasteiger partial charge in [-0.3, -0.25) is 4.79 Å². The molecule has 0 aliphatic heterocycles. The molecule has 0 fully saturated rings. The molecule has 0 aliphatic carbocycles. The highest BCUT2D eigenvalue weighted by molar-refractivity contribution is 9.11. The fourth-order valence-electron chi connectivity index (χ4n) is 4.03. The van der Waals surface area contributed by atoms with Crippen molar-refractivity contribution < 1.29 is 4.74 Å². The Hall–Kier alpha value is -2.81. The quantitative estimate of drug-likeness (QED) is 0.173. The first-order valence-electron chi connectivity index (χ1n) is 11.3. The summed E-state index contributed by atoms with van der Waals surface area (Å²) in [6, 6.07) is 23.8. The number of rotatable bonds is 6. The Morgan fingerprint density at radius 1 is 0.944 bits per heavy atom. The van der Waals surface area contributed by atoms with E-state index in [4.69, 9.17) is 4.74 Å². The lowest BCUT2D eigenvalue weighted by molar-refractivity contribution is 0.303. The third-order valence-electron chi connectivity index (χ3n) is 5.79. The molecule has 180 valence electrons. The number of halogens is 3. The second-order valence-corrected chi connectivity index (χ2v) is 10.8. The lowest BCUT2D eigenvalue weighted by Gasteiger charge is -2.13. The van der Waals surface area contributed by atoms with Crippen LogP contribution in [-0.2, 0) is 13.0 Å². The zero-order valence-electron chi connectivity index (χ0n) is 19.2. The summed E-state index contributed by atoms with van der Waals surface area (Å²) in [5.74, 6) is 1.29. The molecular formula is C28H20Br3N3O2. The van der Waals surface area contributed by atoms with Crippen molar-refractivity contribution in [2.24, 2.45) is 5.10 Å². The van der Waals surface area contributed by atoms with E-state index in [0.29, 0.717) is 35.5 Å². The smallest absolute Gasteiger partial charge is 0.282 e. The predicted octanol–water partition coefficient (Wildman–Crippen LogP) is 7.86. The summed E-state index contributed by atoms with van der Waals surface area (Å²) in [6.45, 7) is 2.38. The molecule has 1 aromatic heterocycles. The molecule has 0 bridgehead atoms. The summed E-state index contributed by atoms with van der Waals surface area (Å²) in [5, 5.41) is 7.35. The van der Waals surface area contributed by atoms with Crippen molar-refractivity contribution in [2.75, 3.05) is 0 Å². The monoisotopic (exact) mass is 667 g/mol. The summed E-state index contributed by atoms with van der Waals surface area (Å²) in [5.41, 5.74) is 2.36. The minimum Gasteiger partial charge on any atom is -0.487 e. The molecule has 8 heteroatoms. The third kappa shape index (κ3) is 5.03. The standard InChI is InChI=1S/C28H20Br3N3O2/c1-2-26-33-25-11-10-20(29)14-22(25)28(35)34(26)32-15-17-12-23(30)27(24(31)13-17)36-16-19-8-5-7-18-6-3-4-9-21(18)19/h3-15H,2,16H2,1H3. The SMILES string of the molecule is CCc1nc2ccc(Br)cc2c(=O)n1N=Cc1cc(Br)c(OCc2cccc3ccccc23)c(Br)c1. The van der Waals surface area contributed by atoms with Gasteiger partial charge in [0.05, 0.1) is 26.1 Å². The largest absolute Gasteiger partial charge is 0.487 e. The Kier molecular flexibility index (Phi) is 7.37. The molecule has 0 spiro atoms. The Labute approximate surface area is 233 Å². The summed E-state index contributed by atoms with van der Waals surface area (Å²) in [7, 11) is 0. The molecule has 0 amide bonds. The Morgan fingerprint density at radius 2 is 1.69 bits per heavy atom. The average molecular weight is 670 g/mol. The number of aryl methyl sites for hydroxylation is 1. The molecule has 0 saturated heterocycles. The Bertz CT molecular complexity index is 1670. The van der Waals surface area contributed by atoms with Crippen LogP contribution in [0.4, 0.5) is 0 Å². The molecule has 0 atom stereocenters. The molecule has 0 unspecified atom stereocenters. The Balaban J connectivity index is 1.43. The topological polar surface area (TPSA) is 56.5 Å². The number of nitrogens with zero attached hydrogens (tertiary/aromatic N) is 3. The fourth-order valence-corrected chi connectivity index (χ4v) is 5.84. The van der Waals surface area contributed by atoms with E-state index in [2.05, 4.69) is 82.1 Å². The van der Waals surface area contributed by atoms with Crippen LogP contribution >= 0.6 is 47.8 Å². The van der Waals surface area contributed by atoms with Gasteiger partial charge in [0, 0.05) is 10.9 Å². The van der Waals surface area contributed by atoms with Crippen LogP contribution in [0.3, 0.4) is 0 Å². The van der Waals surface area contributed by atoms with Gasteiger partial charge < -0.3 is 4.74 Å². The first-order valence-corrected chi connectivity index (χ1v) is 13.7. The van der Waals surface area contributed by atoms with E-state index < -0.39 is 0 Å². The van der Waals surface area contributed by atoms with Crippen LogP contribution in [-0.4, -0.2) is 15.9 Å². The molecule has 0 aliphatic rings. The van der Waals surface area contributed by atoms with Gasteiger partial charge in [0.1, 0.15) is 18.2 Å². The maximum Gasteiger partial charge on any atom is 0.282 e. The first-order chi connectivity index (χ1) is 17.4. The van der Waals surface area contributed by atoms with E-state index >= 15 is 0 Å². The number of hydrogen-bond acceptors (Lipinski definition) is 4. The summed E-state index contributed by atoms with van der Waals surface area (Å²) in [6.07, 6.45) is 2.23. The van der Waals surface area contributed by atoms with Crippen molar-refractivity contribution in [3.8, 4) is 5.75 Å². The number of fused-ring (bicyclic) bond motifs is 2. The molecule has 0 N–H and O–H groups in total. The van der Waals surface area contributed by atoms with Crippen molar-refractivity contribution in [3.05, 3.63) is 114 Å².